The third kappa shape index (κ3) is 3.52. The molecule has 16 heavy (non-hydrogen) atoms. The van der Waals surface area contributed by atoms with Gasteiger partial charge in [0.15, 0.2) is 0 Å². The van der Waals surface area contributed by atoms with E-state index in [0.717, 1.165) is 5.69 Å². The summed E-state index contributed by atoms with van der Waals surface area (Å²) in [7, 11) is 0. The summed E-state index contributed by atoms with van der Waals surface area (Å²) < 4.78 is 0. The van der Waals surface area contributed by atoms with Gasteiger partial charge in [0.2, 0.25) is 0 Å². The molecule has 0 bridgehead atoms. The van der Waals surface area contributed by atoms with E-state index in [9.17, 15) is 0 Å². The van der Waals surface area contributed by atoms with Crippen molar-refractivity contribution in [2.75, 3.05) is 11.9 Å². The summed E-state index contributed by atoms with van der Waals surface area (Å²) >= 11 is 0. The molecule has 4 heteroatoms. The average molecular weight is 219 g/mol. The minimum atomic E-state index is 0.159. The lowest BCUT2D eigenvalue weighted by molar-refractivity contribution is 0.267. The van der Waals surface area contributed by atoms with E-state index < -0.39 is 0 Å². The fourth-order valence-electron chi connectivity index (χ4n) is 1.51. The summed E-state index contributed by atoms with van der Waals surface area (Å²) in [5.41, 5.74) is 1.27. The molecule has 2 N–H and O–H groups in total. The first-order valence-electron chi connectivity index (χ1n) is 5.41. The summed E-state index contributed by atoms with van der Waals surface area (Å²) in [6.45, 7) is 4.35. The first kappa shape index (κ1) is 12.5. The summed E-state index contributed by atoms with van der Waals surface area (Å²) in [5, 5.41) is 21.0. The Kier molecular flexibility index (Phi) is 4.74. The van der Waals surface area contributed by atoms with E-state index in [1.165, 1.54) is 0 Å². The highest BCUT2D eigenvalue weighted by molar-refractivity contribution is 5.46. The highest BCUT2D eigenvalue weighted by Gasteiger charge is 2.12. The summed E-state index contributed by atoms with van der Waals surface area (Å²) in [4.78, 5) is 3.91. The second-order valence-corrected chi connectivity index (χ2v) is 4.05. The van der Waals surface area contributed by atoms with Crippen LogP contribution in [0.2, 0.25) is 0 Å². The molecule has 1 aromatic heterocycles. The average Bonchev–Trinajstić information content (AvgIpc) is 2.28. The van der Waals surface area contributed by atoms with Gasteiger partial charge in [-0.25, -0.2) is 4.98 Å². The molecular weight excluding hydrogens is 202 g/mol. The SMILES string of the molecule is CC(C)C(CCO)Nc1ccnc(C#N)c1. The van der Waals surface area contributed by atoms with Gasteiger partial charge in [0.1, 0.15) is 11.8 Å². The van der Waals surface area contributed by atoms with Gasteiger partial charge in [-0.3, -0.25) is 0 Å². The van der Waals surface area contributed by atoms with Gasteiger partial charge in [-0.2, -0.15) is 5.26 Å². The van der Waals surface area contributed by atoms with Crippen LogP contribution in [0.3, 0.4) is 0 Å². The summed E-state index contributed by atoms with van der Waals surface area (Å²) in [6, 6.07) is 5.75. The van der Waals surface area contributed by atoms with E-state index in [2.05, 4.69) is 24.1 Å². The van der Waals surface area contributed by atoms with Crippen molar-refractivity contribution in [3.8, 4) is 6.07 Å². The molecular formula is C12H17N3O. The van der Waals surface area contributed by atoms with E-state index in [0.29, 0.717) is 18.0 Å². The Hall–Kier alpha value is -1.60. The normalized spacial score (nSPS) is 12.2. The highest BCUT2D eigenvalue weighted by Crippen LogP contribution is 2.15. The van der Waals surface area contributed by atoms with Crippen molar-refractivity contribution in [2.45, 2.75) is 26.3 Å². The fourth-order valence-corrected chi connectivity index (χ4v) is 1.51. The second kappa shape index (κ2) is 6.09. The molecule has 1 rings (SSSR count). The van der Waals surface area contributed by atoms with Crippen molar-refractivity contribution < 1.29 is 5.11 Å². The highest BCUT2D eigenvalue weighted by atomic mass is 16.3. The summed E-state index contributed by atoms with van der Waals surface area (Å²) in [5.74, 6) is 0.422. The number of aliphatic hydroxyl groups excluding tert-OH is 1. The maximum absolute atomic E-state index is 8.96. The van der Waals surface area contributed by atoms with E-state index in [4.69, 9.17) is 10.4 Å². The van der Waals surface area contributed by atoms with E-state index in [1.54, 1.807) is 12.3 Å². The van der Waals surface area contributed by atoms with Gasteiger partial charge >= 0.3 is 0 Å². The first-order chi connectivity index (χ1) is 7.67. The smallest absolute Gasteiger partial charge is 0.142 e. The quantitative estimate of drug-likeness (QED) is 0.792. The van der Waals surface area contributed by atoms with Crippen LogP contribution in [0.25, 0.3) is 0 Å². The number of rotatable bonds is 5. The molecule has 0 saturated heterocycles. The van der Waals surface area contributed by atoms with E-state index in [1.807, 2.05) is 12.1 Å². The van der Waals surface area contributed by atoms with Gasteiger partial charge in [-0.1, -0.05) is 13.8 Å². The number of anilines is 1. The molecule has 0 amide bonds. The number of nitriles is 1. The molecule has 86 valence electrons. The zero-order valence-electron chi connectivity index (χ0n) is 9.64. The Morgan fingerprint density at radius 1 is 1.56 bits per heavy atom. The molecule has 0 spiro atoms. The van der Waals surface area contributed by atoms with Crippen molar-refractivity contribution >= 4 is 5.69 Å². The van der Waals surface area contributed by atoms with E-state index in [-0.39, 0.29) is 12.6 Å². The molecule has 1 heterocycles. The van der Waals surface area contributed by atoms with Crippen LogP contribution in [-0.4, -0.2) is 22.7 Å². The van der Waals surface area contributed by atoms with Crippen LogP contribution >= 0.6 is 0 Å². The van der Waals surface area contributed by atoms with Crippen LogP contribution in [0, 0.1) is 17.2 Å². The van der Waals surface area contributed by atoms with Crippen molar-refractivity contribution in [3.05, 3.63) is 24.0 Å². The van der Waals surface area contributed by atoms with Gasteiger partial charge < -0.3 is 10.4 Å². The number of aromatic nitrogens is 1. The standard InChI is InChI=1S/C12H17N3O/c1-9(2)12(4-6-16)15-10-3-5-14-11(7-10)8-13/h3,5,7,9,12,16H,4,6H2,1-2H3,(H,14,15). The number of hydrogen-bond donors (Lipinski definition) is 2. The Labute approximate surface area is 95.9 Å². The molecule has 1 atom stereocenters. The molecule has 0 saturated carbocycles. The third-order valence-electron chi connectivity index (χ3n) is 2.47. The minimum Gasteiger partial charge on any atom is -0.396 e. The van der Waals surface area contributed by atoms with Crippen molar-refractivity contribution in [2.24, 2.45) is 5.92 Å². The molecule has 0 fully saturated rings. The van der Waals surface area contributed by atoms with Crippen molar-refractivity contribution in [1.29, 1.82) is 5.26 Å². The molecule has 1 unspecified atom stereocenters. The number of pyridine rings is 1. The zero-order chi connectivity index (χ0) is 12.0. The monoisotopic (exact) mass is 219 g/mol. The van der Waals surface area contributed by atoms with Gasteiger partial charge in [0.25, 0.3) is 0 Å². The van der Waals surface area contributed by atoms with Crippen LogP contribution in [0.4, 0.5) is 5.69 Å². The number of hydrogen-bond acceptors (Lipinski definition) is 4. The Morgan fingerprint density at radius 2 is 2.31 bits per heavy atom. The Morgan fingerprint density at radius 3 is 2.88 bits per heavy atom. The summed E-state index contributed by atoms with van der Waals surface area (Å²) in [6.07, 6.45) is 2.30. The molecule has 4 nitrogen and oxygen atoms in total. The lowest BCUT2D eigenvalue weighted by atomic mass is 10.0. The fraction of sp³-hybridized carbons (Fsp3) is 0.500. The predicted molar refractivity (Wildman–Crippen MR) is 62.9 cm³/mol. The predicted octanol–water partition coefficient (Wildman–Crippen LogP) is 1.77. The second-order valence-electron chi connectivity index (χ2n) is 4.05. The number of aliphatic hydroxyl groups is 1. The molecule has 0 radical (unpaired) electrons. The lowest BCUT2D eigenvalue weighted by Crippen LogP contribution is -2.26. The minimum absolute atomic E-state index is 0.159. The molecule has 0 aliphatic carbocycles. The van der Waals surface area contributed by atoms with Gasteiger partial charge in [0, 0.05) is 24.5 Å². The molecule has 1 aromatic rings. The Bertz CT molecular complexity index is 371. The van der Waals surface area contributed by atoms with Gasteiger partial charge in [-0.05, 0) is 24.5 Å². The van der Waals surface area contributed by atoms with Gasteiger partial charge in [-0.15, -0.1) is 0 Å². The van der Waals surface area contributed by atoms with Crippen LogP contribution in [0.15, 0.2) is 18.3 Å². The van der Waals surface area contributed by atoms with Gasteiger partial charge in [0.05, 0.1) is 0 Å². The topological polar surface area (TPSA) is 68.9 Å². The Balaban J connectivity index is 2.73. The van der Waals surface area contributed by atoms with E-state index >= 15 is 0 Å². The lowest BCUT2D eigenvalue weighted by Gasteiger charge is -2.22. The maximum Gasteiger partial charge on any atom is 0.142 e. The molecule has 0 aliphatic rings. The molecule has 0 aliphatic heterocycles. The van der Waals surface area contributed by atoms with Crippen LogP contribution in [-0.2, 0) is 0 Å². The zero-order valence-corrected chi connectivity index (χ0v) is 9.64. The van der Waals surface area contributed by atoms with Crippen LogP contribution in [0.1, 0.15) is 26.0 Å². The van der Waals surface area contributed by atoms with Crippen molar-refractivity contribution in [1.82, 2.24) is 4.98 Å². The number of nitrogens with one attached hydrogen (secondary N) is 1. The maximum atomic E-state index is 8.96. The molecule has 0 aromatic carbocycles. The number of nitrogens with zero attached hydrogens (tertiary/aromatic N) is 2. The van der Waals surface area contributed by atoms with Crippen LogP contribution in [0.5, 0.6) is 0 Å². The first-order valence-corrected chi connectivity index (χ1v) is 5.41. The van der Waals surface area contributed by atoms with Crippen LogP contribution < -0.4 is 5.32 Å². The van der Waals surface area contributed by atoms with Crippen molar-refractivity contribution in [3.63, 3.8) is 0 Å². The third-order valence-corrected chi connectivity index (χ3v) is 2.47. The largest absolute Gasteiger partial charge is 0.396 e.